The van der Waals surface area contributed by atoms with Gasteiger partial charge in [0.25, 0.3) is 0 Å². The average Bonchev–Trinajstić information content (AvgIpc) is 2.77. The zero-order valence-corrected chi connectivity index (χ0v) is 18.4. The van der Waals surface area contributed by atoms with Crippen molar-refractivity contribution in [2.24, 2.45) is 0 Å². The van der Waals surface area contributed by atoms with E-state index in [9.17, 15) is 18.0 Å². The molecule has 0 aromatic heterocycles. The summed E-state index contributed by atoms with van der Waals surface area (Å²) in [5, 5.41) is 0.478. The molecule has 3 aromatic carbocycles. The van der Waals surface area contributed by atoms with Crippen LogP contribution < -0.4 is 0 Å². The van der Waals surface area contributed by atoms with Gasteiger partial charge in [0.2, 0.25) is 5.78 Å². The predicted molar refractivity (Wildman–Crippen MR) is 119 cm³/mol. The fraction of sp³-hybridized carbons (Fsp3) is 0.167. The van der Waals surface area contributed by atoms with Crippen LogP contribution >= 0.6 is 11.6 Å². The Morgan fingerprint density at radius 3 is 2.13 bits per heavy atom. The first-order valence-electron chi connectivity index (χ1n) is 9.60. The first kappa shape index (κ1) is 22.7. The first-order chi connectivity index (χ1) is 14.8. The number of esters is 1. The molecule has 160 valence electrons. The number of rotatable bonds is 8. The van der Waals surface area contributed by atoms with Crippen molar-refractivity contribution in [2.45, 2.75) is 24.3 Å². The summed E-state index contributed by atoms with van der Waals surface area (Å²) in [6.45, 7) is 1.86. The van der Waals surface area contributed by atoms with Gasteiger partial charge in [-0.25, -0.2) is 8.42 Å². The van der Waals surface area contributed by atoms with Crippen LogP contribution in [0.15, 0.2) is 83.8 Å². The van der Waals surface area contributed by atoms with Crippen LogP contribution in [0.4, 0.5) is 0 Å². The van der Waals surface area contributed by atoms with Gasteiger partial charge >= 0.3 is 5.97 Å². The van der Waals surface area contributed by atoms with Crippen molar-refractivity contribution in [1.29, 1.82) is 0 Å². The molecule has 0 heterocycles. The van der Waals surface area contributed by atoms with Gasteiger partial charge < -0.3 is 4.74 Å². The van der Waals surface area contributed by atoms with Gasteiger partial charge in [-0.2, -0.15) is 0 Å². The van der Waals surface area contributed by atoms with E-state index in [1.807, 2.05) is 6.92 Å². The molecule has 0 spiro atoms. The molecule has 0 bridgehead atoms. The third-order valence-corrected chi connectivity index (χ3v) is 6.66. The van der Waals surface area contributed by atoms with Crippen LogP contribution in [-0.4, -0.2) is 25.9 Å². The molecule has 7 heteroatoms. The molecule has 0 unspecified atom stereocenters. The molecule has 0 fully saturated rings. The maximum Gasteiger partial charge on any atom is 0.307 e. The summed E-state index contributed by atoms with van der Waals surface area (Å²) in [7, 11) is -3.65. The van der Waals surface area contributed by atoms with Crippen LogP contribution in [0.1, 0.15) is 34.0 Å². The molecule has 31 heavy (non-hydrogen) atoms. The van der Waals surface area contributed by atoms with Crippen LogP contribution in [0, 0.1) is 6.92 Å². The van der Waals surface area contributed by atoms with Crippen molar-refractivity contribution in [2.75, 3.05) is 5.75 Å². The highest BCUT2D eigenvalue weighted by molar-refractivity contribution is 7.91. The lowest BCUT2D eigenvalue weighted by atomic mass is 10.00. The zero-order chi connectivity index (χ0) is 22.4. The average molecular weight is 457 g/mol. The second-order valence-corrected chi connectivity index (χ2v) is 9.58. The molecule has 0 aliphatic carbocycles. The van der Waals surface area contributed by atoms with E-state index in [1.54, 1.807) is 66.7 Å². The number of ether oxygens (including phenoxy) is 1. The van der Waals surface area contributed by atoms with Crippen LogP contribution in [0.5, 0.6) is 0 Å². The molecular weight excluding hydrogens is 436 g/mol. The van der Waals surface area contributed by atoms with Gasteiger partial charge in [-0.3, -0.25) is 9.59 Å². The van der Waals surface area contributed by atoms with Gasteiger partial charge in [0.1, 0.15) is 0 Å². The molecule has 0 aliphatic rings. The summed E-state index contributed by atoms with van der Waals surface area (Å²) in [5.41, 5.74) is 1.76. The Morgan fingerprint density at radius 1 is 0.903 bits per heavy atom. The van der Waals surface area contributed by atoms with Crippen molar-refractivity contribution in [3.63, 3.8) is 0 Å². The summed E-state index contributed by atoms with van der Waals surface area (Å²) in [4.78, 5) is 25.6. The number of hydrogen-bond acceptors (Lipinski definition) is 5. The van der Waals surface area contributed by atoms with E-state index in [2.05, 4.69) is 0 Å². The molecular formula is C24H21ClO5S. The Morgan fingerprint density at radius 2 is 1.52 bits per heavy atom. The zero-order valence-electron chi connectivity index (χ0n) is 16.8. The summed E-state index contributed by atoms with van der Waals surface area (Å²) in [5.74, 6) is -1.60. The van der Waals surface area contributed by atoms with Crippen molar-refractivity contribution >= 4 is 33.2 Å². The molecule has 0 saturated carbocycles. The van der Waals surface area contributed by atoms with Gasteiger partial charge in [0, 0.05) is 16.1 Å². The lowest BCUT2D eigenvalue weighted by molar-refractivity contribution is -0.146. The van der Waals surface area contributed by atoms with E-state index >= 15 is 0 Å². The molecule has 0 radical (unpaired) electrons. The molecule has 0 N–H and O–H groups in total. The maximum atomic E-state index is 13.0. The van der Waals surface area contributed by atoms with E-state index in [1.165, 1.54) is 12.1 Å². The number of hydrogen-bond donors (Lipinski definition) is 0. The predicted octanol–water partition coefficient (Wildman–Crippen LogP) is 4.98. The number of sulfone groups is 1. The highest BCUT2D eigenvalue weighted by atomic mass is 35.5. The Bertz CT molecular complexity index is 1150. The topological polar surface area (TPSA) is 77.5 Å². The van der Waals surface area contributed by atoms with Gasteiger partial charge in [-0.05, 0) is 43.3 Å². The molecule has 0 saturated heterocycles. The SMILES string of the molecule is Cc1ccc(S(=O)(=O)CCC(=O)O[C@H](C(=O)c2ccc(Cl)cc2)c2ccccc2)cc1. The van der Waals surface area contributed by atoms with Crippen molar-refractivity contribution in [3.8, 4) is 0 Å². The van der Waals surface area contributed by atoms with Crippen LogP contribution in [0.2, 0.25) is 5.02 Å². The normalized spacial score (nSPS) is 12.2. The van der Waals surface area contributed by atoms with Crippen LogP contribution in [-0.2, 0) is 19.4 Å². The molecule has 0 amide bonds. The molecule has 3 aromatic rings. The van der Waals surface area contributed by atoms with Crippen molar-refractivity contribution < 1.29 is 22.7 Å². The smallest absolute Gasteiger partial charge is 0.307 e. The van der Waals surface area contributed by atoms with Crippen molar-refractivity contribution in [1.82, 2.24) is 0 Å². The van der Waals surface area contributed by atoms with Crippen molar-refractivity contribution in [3.05, 3.63) is 101 Å². The Labute approximate surface area is 186 Å². The number of benzene rings is 3. The lowest BCUT2D eigenvalue weighted by Gasteiger charge is -2.17. The van der Waals surface area contributed by atoms with E-state index in [-0.39, 0.29) is 11.3 Å². The summed E-state index contributed by atoms with van der Waals surface area (Å²) in [6.07, 6.45) is -1.55. The van der Waals surface area contributed by atoms with Crippen LogP contribution in [0.3, 0.4) is 0 Å². The van der Waals surface area contributed by atoms with Gasteiger partial charge in [0.05, 0.1) is 17.1 Å². The lowest BCUT2D eigenvalue weighted by Crippen LogP contribution is -2.22. The van der Waals surface area contributed by atoms with Gasteiger partial charge in [-0.1, -0.05) is 59.6 Å². The number of carbonyl (C=O) groups excluding carboxylic acids is 2. The number of aryl methyl sites for hydroxylation is 1. The minimum atomic E-state index is -3.65. The third kappa shape index (κ3) is 6.03. The number of carbonyl (C=O) groups is 2. The summed E-state index contributed by atoms with van der Waals surface area (Å²) >= 11 is 5.89. The van der Waals surface area contributed by atoms with Gasteiger partial charge in [0.15, 0.2) is 15.9 Å². The number of halogens is 1. The molecule has 1 atom stereocenters. The summed E-state index contributed by atoms with van der Waals surface area (Å²) < 4.78 is 30.5. The fourth-order valence-electron chi connectivity index (χ4n) is 2.94. The highest BCUT2D eigenvalue weighted by Crippen LogP contribution is 2.24. The van der Waals surface area contributed by atoms with Crippen LogP contribution in [0.25, 0.3) is 0 Å². The fourth-order valence-corrected chi connectivity index (χ4v) is 4.29. The molecule has 5 nitrogen and oxygen atoms in total. The third-order valence-electron chi connectivity index (χ3n) is 4.67. The Hall–Kier alpha value is -2.96. The quantitative estimate of drug-likeness (QED) is 0.353. The number of Topliss-reactive ketones (excluding diaryl/α,β-unsaturated/α-hetero) is 1. The minimum Gasteiger partial charge on any atom is -0.449 e. The Kier molecular flexibility index (Phi) is 7.25. The monoisotopic (exact) mass is 456 g/mol. The Balaban J connectivity index is 1.75. The van der Waals surface area contributed by atoms with E-state index in [0.717, 1.165) is 5.56 Å². The minimum absolute atomic E-state index is 0.141. The second kappa shape index (κ2) is 9.90. The standard InChI is InChI=1S/C24H21ClO5S/c1-17-7-13-21(14-8-17)31(28,29)16-15-22(26)30-24(19-5-3-2-4-6-19)23(27)18-9-11-20(25)12-10-18/h2-14,24H,15-16H2,1H3/t24-/m0/s1. The van der Waals surface area contributed by atoms with E-state index in [0.29, 0.717) is 16.1 Å². The van der Waals surface area contributed by atoms with E-state index in [4.69, 9.17) is 16.3 Å². The van der Waals surface area contributed by atoms with Gasteiger partial charge in [-0.15, -0.1) is 0 Å². The molecule has 3 rings (SSSR count). The number of ketones is 1. The largest absolute Gasteiger partial charge is 0.449 e. The molecule has 0 aliphatic heterocycles. The second-order valence-electron chi connectivity index (χ2n) is 7.03. The summed E-state index contributed by atoms with van der Waals surface area (Å²) in [6, 6.07) is 21.3. The first-order valence-corrected chi connectivity index (χ1v) is 11.6. The van der Waals surface area contributed by atoms with E-state index < -0.39 is 33.4 Å². The maximum absolute atomic E-state index is 13.0. The highest BCUT2D eigenvalue weighted by Gasteiger charge is 2.27.